The second-order valence-electron chi connectivity index (χ2n) is 9.95. The summed E-state index contributed by atoms with van der Waals surface area (Å²) in [6.45, 7) is 0.0749. The topological polar surface area (TPSA) is 279 Å². The van der Waals surface area contributed by atoms with Crippen molar-refractivity contribution in [3.8, 4) is 40.1 Å². The van der Waals surface area contributed by atoms with Gasteiger partial charge in [-0.05, 0) is 25.1 Å². The van der Waals surface area contributed by atoms with Crippen LogP contribution in [0.1, 0.15) is 6.92 Å². The summed E-state index contributed by atoms with van der Waals surface area (Å²) >= 11 is 0. The van der Waals surface area contributed by atoms with Crippen LogP contribution in [0, 0.1) is 0 Å². The number of aromatic hydroxyl groups is 3. The summed E-state index contributed by atoms with van der Waals surface area (Å²) in [6.07, 6.45) is -6.87. The normalized spacial score (nSPS) is 21.8. The Labute approximate surface area is 257 Å². The molecule has 0 saturated heterocycles. The van der Waals surface area contributed by atoms with Gasteiger partial charge < -0.3 is 79.2 Å². The van der Waals surface area contributed by atoms with Crippen LogP contribution < -0.4 is 14.9 Å². The number of rotatable bonds is 9. The molecule has 2 aliphatic heterocycles. The van der Waals surface area contributed by atoms with Crippen LogP contribution in [-0.4, -0.2) is 95.5 Å². The molecule has 3 unspecified atom stereocenters. The first-order valence-electron chi connectivity index (χ1n) is 13.4. The number of phenols is 3. The van der Waals surface area contributed by atoms with Gasteiger partial charge in [-0.3, -0.25) is 4.79 Å². The maximum absolute atomic E-state index is 13.8. The molecule has 0 bridgehead atoms. The number of phenolic OH excluding ortho intramolecular Hbond substituents is 3. The number of ether oxygens (including phenoxy) is 5. The van der Waals surface area contributed by atoms with Gasteiger partial charge in [0.2, 0.25) is 29.0 Å². The smallest absolute Gasteiger partial charge is 0.328 e. The Hall–Kier alpha value is -5.65. The van der Waals surface area contributed by atoms with Gasteiger partial charge in [-0.15, -0.1) is 0 Å². The maximum Gasteiger partial charge on any atom is 0.328 e. The monoisotopic (exact) mass is 648 g/mol. The Morgan fingerprint density at radius 1 is 0.848 bits per heavy atom. The summed E-state index contributed by atoms with van der Waals surface area (Å²) in [5, 5.41) is 100. The van der Waals surface area contributed by atoms with E-state index in [0.29, 0.717) is 0 Å². The standard InChI is InChI=1S/C29H28O17/c1-10-19(34)22(37)24(39)28(43-10)42-9-17-20(35)23(38)25(40)29(45-17)46-27-21(36)18-15(33)7-12(41-5-4-30)8-16(18)44-26(27)11-2-3-13(31)14(32)6-11/h2-3,6-8,10,17,25,29-35,37-40H,4-5,9H2,1H3/t10?,17?,25?,29-/m0/s1. The summed E-state index contributed by atoms with van der Waals surface area (Å²) in [6, 6.07) is 5.64. The van der Waals surface area contributed by atoms with Crippen LogP contribution >= 0.6 is 0 Å². The molecule has 10 N–H and O–H groups in total. The molecule has 1 aromatic heterocycles. The Bertz CT molecular complexity index is 1820. The van der Waals surface area contributed by atoms with E-state index in [0.717, 1.165) is 18.2 Å². The van der Waals surface area contributed by atoms with Gasteiger partial charge in [0.15, 0.2) is 52.8 Å². The molecule has 2 aliphatic rings. The molecule has 0 fully saturated rings. The molecular formula is C29H28O17. The van der Waals surface area contributed by atoms with E-state index in [1.165, 1.54) is 19.1 Å². The molecule has 46 heavy (non-hydrogen) atoms. The van der Waals surface area contributed by atoms with E-state index in [1.54, 1.807) is 0 Å². The van der Waals surface area contributed by atoms with Gasteiger partial charge in [0.25, 0.3) is 0 Å². The third-order valence-corrected chi connectivity index (χ3v) is 6.84. The third kappa shape index (κ3) is 5.76. The SMILES string of the molecule is CC1OC(OCC2O[C@@H](Oc3c(-c4ccc(O)c(O)c4)oc4cc(OCCO)cc(O)c4c3=O)C(O)C(O)=C2O)=C(O)C(O)=C1O. The van der Waals surface area contributed by atoms with Crippen molar-refractivity contribution in [3.05, 3.63) is 75.3 Å². The summed E-state index contributed by atoms with van der Waals surface area (Å²) in [5.74, 6) is -8.10. The van der Waals surface area contributed by atoms with Gasteiger partial charge in [0.05, 0.1) is 6.61 Å². The molecule has 5 rings (SSSR count). The van der Waals surface area contributed by atoms with Crippen molar-refractivity contribution in [2.24, 2.45) is 0 Å². The molecule has 17 heteroatoms. The molecule has 0 radical (unpaired) electrons. The highest BCUT2D eigenvalue weighted by Gasteiger charge is 2.41. The Balaban J connectivity index is 1.54. The highest BCUT2D eigenvalue weighted by Crippen LogP contribution is 2.40. The Kier molecular flexibility index (Phi) is 8.55. The van der Waals surface area contributed by atoms with Crippen molar-refractivity contribution in [1.29, 1.82) is 0 Å². The van der Waals surface area contributed by atoms with E-state index in [-0.39, 0.29) is 30.1 Å². The highest BCUT2D eigenvalue weighted by atomic mass is 16.7. The molecule has 4 atom stereocenters. The molecule has 0 amide bonds. The molecular weight excluding hydrogens is 620 g/mol. The summed E-state index contributed by atoms with van der Waals surface area (Å²) in [7, 11) is 0. The average Bonchev–Trinajstić information content (AvgIpc) is 3.02. The highest BCUT2D eigenvalue weighted by molar-refractivity contribution is 5.88. The van der Waals surface area contributed by atoms with Crippen LogP contribution in [0.2, 0.25) is 0 Å². The van der Waals surface area contributed by atoms with Crippen LogP contribution in [0.25, 0.3) is 22.3 Å². The lowest BCUT2D eigenvalue weighted by atomic mass is 10.1. The lowest BCUT2D eigenvalue weighted by molar-refractivity contribution is -0.197. The zero-order valence-electron chi connectivity index (χ0n) is 23.6. The molecule has 3 aromatic rings. The summed E-state index contributed by atoms with van der Waals surface area (Å²) in [5.41, 5.74) is -1.30. The van der Waals surface area contributed by atoms with E-state index in [2.05, 4.69) is 0 Å². The van der Waals surface area contributed by atoms with Crippen LogP contribution in [0.15, 0.2) is 74.3 Å². The van der Waals surface area contributed by atoms with Crippen molar-refractivity contribution < 1.29 is 79.2 Å². The number of benzene rings is 2. The van der Waals surface area contributed by atoms with E-state index >= 15 is 0 Å². The van der Waals surface area contributed by atoms with Gasteiger partial charge in [-0.25, -0.2) is 0 Å². The van der Waals surface area contributed by atoms with Crippen molar-refractivity contribution in [3.63, 3.8) is 0 Å². The van der Waals surface area contributed by atoms with Crippen LogP contribution in [-0.2, 0) is 14.2 Å². The van der Waals surface area contributed by atoms with Gasteiger partial charge in [0, 0.05) is 17.7 Å². The lowest BCUT2D eigenvalue weighted by Crippen LogP contribution is -2.46. The number of aliphatic hydroxyl groups is 7. The third-order valence-electron chi connectivity index (χ3n) is 6.84. The Morgan fingerprint density at radius 3 is 2.28 bits per heavy atom. The van der Waals surface area contributed by atoms with Crippen LogP contribution in [0.5, 0.6) is 28.7 Å². The number of hydrogen-bond acceptors (Lipinski definition) is 17. The van der Waals surface area contributed by atoms with E-state index in [1.807, 2.05) is 0 Å². The van der Waals surface area contributed by atoms with E-state index in [9.17, 15) is 50.8 Å². The van der Waals surface area contributed by atoms with Gasteiger partial charge in [0.1, 0.15) is 35.7 Å². The average molecular weight is 649 g/mol. The molecule has 3 heterocycles. The second-order valence-corrected chi connectivity index (χ2v) is 9.95. The first kappa shape index (κ1) is 31.8. The minimum absolute atomic E-state index is 0.0197. The number of hydrogen-bond donors (Lipinski definition) is 10. The molecule has 17 nitrogen and oxygen atoms in total. The molecule has 246 valence electrons. The fourth-order valence-electron chi connectivity index (χ4n) is 4.48. The molecule has 0 saturated carbocycles. The first-order chi connectivity index (χ1) is 21.8. The van der Waals surface area contributed by atoms with Crippen LogP contribution in [0.4, 0.5) is 0 Å². The van der Waals surface area contributed by atoms with Gasteiger partial charge >= 0.3 is 5.95 Å². The number of fused-ring (bicyclic) bond motifs is 1. The number of aliphatic hydroxyl groups excluding tert-OH is 7. The molecule has 0 aliphatic carbocycles. The second kappa shape index (κ2) is 12.4. The van der Waals surface area contributed by atoms with Crippen molar-refractivity contribution in [1.82, 2.24) is 0 Å². The van der Waals surface area contributed by atoms with Crippen molar-refractivity contribution in [2.45, 2.75) is 31.5 Å². The zero-order valence-corrected chi connectivity index (χ0v) is 23.6. The molecule has 2 aromatic carbocycles. The fourth-order valence-corrected chi connectivity index (χ4v) is 4.48. The van der Waals surface area contributed by atoms with E-state index < -0.39 is 106 Å². The predicted molar refractivity (Wildman–Crippen MR) is 152 cm³/mol. The largest absolute Gasteiger partial charge is 0.507 e. The van der Waals surface area contributed by atoms with Crippen LogP contribution in [0.3, 0.4) is 0 Å². The lowest BCUT2D eigenvalue weighted by Gasteiger charge is -2.33. The minimum atomic E-state index is -2.11. The molecule has 0 spiro atoms. The zero-order chi connectivity index (χ0) is 33.4. The van der Waals surface area contributed by atoms with Gasteiger partial charge in [-0.1, -0.05) is 0 Å². The Morgan fingerprint density at radius 2 is 1.59 bits per heavy atom. The predicted octanol–water partition coefficient (Wildman–Crippen LogP) is 2.23. The first-order valence-corrected chi connectivity index (χ1v) is 13.4. The minimum Gasteiger partial charge on any atom is -0.507 e. The quantitative estimate of drug-likeness (QED) is 0.149. The maximum atomic E-state index is 13.8. The van der Waals surface area contributed by atoms with E-state index in [4.69, 9.17) is 33.2 Å². The summed E-state index contributed by atoms with van der Waals surface area (Å²) < 4.78 is 32.9. The van der Waals surface area contributed by atoms with Crippen molar-refractivity contribution >= 4 is 11.0 Å². The van der Waals surface area contributed by atoms with Gasteiger partial charge in [-0.2, -0.15) is 0 Å². The fraction of sp³-hybridized carbons (Fsp3) is 0.276. The van der Waals surface area contributed by atoms with Crippen molar-refractivity contribution in [2.75, 3.05) is 19.8 Å². The summed E-state index contributed by atoms with van der Waals surface area (Å²) in [4.78, 5) is 13.8.